The first kappa shape index (κ1) is 25.4. The van der Waals surface area contributed by atoms with E-state index in [1.165, 1.54) is 0 Å². The van der Waals surface area contributed by atoms with Crippen LogP contribution in [0.4, 0.5) is 0 Å². The lowest BCUT2D eigenvalue weighted by molar-refractivity contribution is -0.220. The van der Waals surface area contributed by atoms with E-state index < -0.39 is 36.4 Å². The van der Waals surface area contributed by atoms with Gasteiger partial charge in [0.15, 0.2) is 0 Å². The van der Waals surface area contributed by atoms with E-state index in [0.29, 0.717) is 18.8 Å². The number of carbonyl (C=O) groups excluding carboxylic acids is 1. The average molecular weight is 488 g/mol. The number of azide groups is 1. The lowest BCUT2D eigenvalue weighted by atomic mass is 9.93. The molecule has 0 spiro atoms. The Kier molecular flexibility index (Phi) is 9.08. The van der Waals surface area contributed by atoms with Crippen molar-refractivity contribution in [2.24, 2.45) is 5.11 Å². The van der Waals surface area contributed by atoms with Crippen LogP contribution in [0.5, 0.6) is 0 Å². The van der Waals surface area contributed by atoms with Crippen LogP contribution in [0.3, 0.4) is 0 Å². The lowest BCUT2D eigenvalue weighted by Gasteiger charge is -2.44. The van der Waals surface area contributed by atoms with Gasteiger partial charge in [-0.3, -0.25) is 0 Å². The van der Waals surface area contributed by atoms with Crippen molar-refractivity contribution in [3.8, 4) is 0 Å². The molecule has 3 aromatic rings. The largest absolute Gasteiger partial charge is 0.459 e. The molecule has 0 aliphatic carbocycles. The third kappa shape index (κ3) is 6.71. The maximum Gasteiger partial charge on any atom is 0.338 e. The van der Waals surface area contributed by atoms with Crippen LogP contribution in [0.2, 0.25) is 0 Å². The maximum atomic E-state index is 12.6. The zero-order chi connectivity index (χ0) is 25.2. The van der Waals surface area contributed by atoms with Crippen LogP contribution in [-0.4, -0.2) is 43.0 Å². The SMILES string of the molecule is C[C@H]1OC(COC(=O)c2ccccc2)[C@@H](OCc2ccccc2)[C@@H](OCc2ccccc2)C1N=[N+]=[N-]. The van der Waals surface area contributed by atoms with Gasteiger partial charge in [0.05, 0.1) is 37.0 Å². The zero-order valence-electron chi connectivity index (χ0n) is 20.1. The van der Waals surface area contributed by atoms with E-state index in [1.54, 1.807) is 24.3 Å². The van der Waals surface area contributed by atoms with Crippen molar-refractivity contribution in [3.63, 3.8) is 0 Å². The summed E-state index contributed by atoms with van der Waals surface area (Å²) in [6.45, 7) is 2.38. The molecule has 0 amide bonds. The molecule has 36 heavy (non-hydrogen) atoms. The van der Waals surface area contributed by atoms with Crippen LogP contribution < -0.4 is 0 Å². The van der Waals surface area contributed by atoms with Gasteiger partial charge in [-0.25, -0.2) is 4.79 Å². The molecule has 2 unspecified atom stereocenters. The van der Waals surface area contributed by atoms with Crippen molar-refractivity contribution >= 4 is 5.97 Å². The maximum absolute atomic E-state index is 12.6. The van der Waals surface area contributed by atoms with Gasteiger partial charge in [0, 0.05) is 4.91 Å². The van der Waals surface area contributed by atoms with E-state index in [-0.39, 0.29) is 6.61 Å². The molecular weight excluding hydrogens is 458 g/mol. The molecule has 1 heterocycles. The topological polar surface area (TPSA) is 103 Å². The molecule has 0 saturated carbocycles. The molecule has 3 aromatic carbocycles. The van der Waals surface area contributed by atoms with Gasteiger partial charge in [-0.1, -0.05) is 84.0 Å². The van der Waals surface area contributed by atoms with Gasteiger partial charge >= 0.3 is 5.97 Å². The highest BCUT2D eigenvalue weighted by Gasteiger charge is 2.46. The summed E-state index contributed by atoms with van der Waals surface area (Å²) < 4.78 is 24.4. The highest BCUT2D eigenvalue weighted by molar-refractivity contribution is 5.89. The van der Waals surface area contributed by atoms with Crippen molar-refractivity contribution in [1.82, 2.24) is 0 Å². The van der Waals surface area contributed by atoms with Gasteiger partial charge in [-0.15, -0.1) is 0 Å². The summed E-state index contributed by atoms with van der Waals surface area (Å²) >= 11 is 0. The van der Waals surface area contributed by atoms with E-state index >= 15 is 0 Å². The van der Waals surface area contributed by atoms with E-state index in [4.69, 9.17) is 18.9 Å². The molecule has 8 nitrogen and oxygen atoms in total. The predicted octanol–water partition coefficient (Wildman–Crippen LogP) is 5.48. The second kappa shape index (κ2) is 12.9. The molecule has 1 aliphatic heterocycles. The molecule has 1 fully saturated rings. The van der Waals surface area contributed by atoms with E-state index in [0.717, 1.165) is 11.1 Å². The summed E-state index contributed by atoms with van der Waals surface area (Å²) in [5.74, 6) is -0.451. The Bertz CT molecular complexity index is 1140. The lowest BCUT2D eigenvalue weighted by Crippen LogP contribution is -2.59. The van der Waals surface area contributed by atoms with Gasteiger partial charge in [0.1, 0.15) is 18.8 Å². The van der Waals surface area contributed by atoms with Crippen LogP contribution in [0.1, 0.15) is 28.4 Å². The molecular formula is C28H29N3O5. The summed E-state index contributed by atoms with van der Waals surface area (Å²) in [4.78, 5) is 15.6. The Hall–Kier alpha value is -3.68. The highest BCUT2D eigenvalue weighted by atomic mass is 16.6. The third-order valence-electron chi connectivity index (χ3n) is 6.04. The summed E-state index contributed by atoms with van der Waals surface area (Å²) in [5, 5.41) is 3.98. The highest BCUT2D eigenvalue weighted by Crippen LogP contribution is 2.30. The fourth-order valence-electron chi connectivity index (χ4n) is 4.20. The molecule has 1 aliphatic rings. The number of rotatable bonds is 10. The quantitative estimate of drug-likeness (QED) is 0.163. The van der Waals surface area contributed by atoms with Gasteiger partial charge in [0.2, 0.25) is 0 Å². The smallest absolute Gasteiger partial charge is 0.338 e. The van der Waals surface area contributed by atoms with Gasteiger partial charge < -0.3 is 18.9 Å². The molecule has 0 N–H and O–H groups in total. The van der Waals surface area contributed by atoms with Gasteiger partial charge in [-0.2, -0.15) is 0 Å². The van der Waals surface area contributed by atoms with Crippen LogP contribution in [-0.2, 0) is 32.2 Å². The summed E-state index contributed by atoms with van der Waals surface area (Å²) in [6.07, 6.45) is -2.36. The Morgan fingerprint density at radius 3 is 1.94 bits per heavy atom. The van der Waals surface area contributed by atoms with Crippen LogP contribution in [0.15, 0.2) is 96.1 Å². The zero-order valence-corrected chi connectivity index (χ0v) is 20.1. The minimum atomic E-state index is -0.649. The normalized spacial score (nSPS) is 23.4. The number of carbonyl (C=O) groups is 1. The number of nitrogens with zero attached hydrogens (tertiary/aromatic N) is 3. The van der Waals surface area contributed by atoms with Crippen LogP contribution >= 0.6 is 0 Å². The average Bonchev–Trinajstić information content (AvgIpc) is 2.93. The van der Waals surface area contributed by atoms with E-state index in [9.17, 15) is 10.3 Å². The van der Waals surface area contributed by atoms with Gasteiger partial charge in [-0.05, 0) is 35.7 Å². The minimum absolute atomic E-state index is 0.0360. The molecule has 0 bridgehead atoms. The Morgan fingerprint density at radius 1 is 0.861 bits per heavy atom. The van der Waals surface area contributed by atoms with Crippen molar-refractivity contribution in [2.75, 3.05) is 6.61 Å². The monoisotopic (exact) mass is 487 g/mol. The van der Waals surface area contributed by atoms with E-state index in [1.807, 2.05) is 73.7 Å². The number of hydrogen-bond acceptors (Lipinski definition) is 6. The number of benzene rings is 3. The Labute approximate surface area is 210 Å². The fourth-order valence-corrected chi connectivity index (χ4v) is 4.20. The fraction of sp³-hybridized carbons (Fsp3) is 0.321. The van der Waals surface area contributed by atoms with Crippen molar-refractivity contribution < 1.29 is 23.7 Å². The molecule has 5 atom stereocenters. The van der Waals surface area contributed by atoms with Crippen molar-refractivity contribution in [3.05, 3.63) is 118 Å². The molecule has 0 radical (unpaired) electrons. The summed E-state index contributed by atoms with van der Waals surface area (Å²) in [5.41, 5.74) is 11.6. The van der Waals surface area contributed by atoms with Gasteiger partial charge in [0.25, 0.3) is 0 Å². The minimum Gasteiger partial charge on any atom is -0.459 e. The Morgan fingerprint density at radius 2 is 1.39 bits per heavy atom. The first-order valence-electron chi connectivity index (χ1n) is 11.9. The summed E-state index contributed by atoms with van der Waals surface area (Å²) in [7, 11) is 0. The molecule has 186 valence electrons. The van der Waals surface area contributed by atoms with Crippen LogP contribution in [0, 0.1) is 0 Å². The first-order valence-corrected chi connectivity index (χ1v) is 11.9. The predicted molar refractivity (Wildman–Crippen MR) is 134 cm³/mol. The van der Waals surface area contributed by atoms with E-state index in [2.05, 4.69) is 10.0 Å². The molecule has 4 rings (SSSR count). The standard InChI is InChI=1S/C28H29N3O5/c1-20-25(30-31-29)27(34-18-22-13-7-3-8-14-22)26(33-17-21-11-5-2-6-12-21)24(36-20)19-35-28(32)23-15-9-4-10-16-23/h2-16,20,24-27H,17-19H2,1H3/t20-,24?,25?,26-,27+/m1/s1. The second-order valence-corrected chi connectivity index (χ2v) is 8.56. The number of esters is 1. The second-order valence-electron chi connectivity index (χ2n) is 8.56. The van der Waals surface area contributed by atoms with Crippen molar-refractivity contribution in [1.29, 1.82) is 0 Å². The first-order chi connectivity index (χ1) is 17.7. The number of hydrogen-bond donors (Lipinski definition) is 0. The molecule has 0 aromatic heterocycles. The van der Waals surface area contributed by atoms with Crippen molar-refractivity contribution in [2.45, 2.75) is 50.6 Å². The third-order valence-corrected chi connectivity index (χ3v) is 6.04. The van der Waals surface area contributed by atoms with Crippen LogP contribution in [0.25, 0.3) is 10.4 Å². The molecule has 1 saturated heterocycles. The number of ether oxygens (including phenoxy) is 4. The molecule has 8 heteroatoms. The Balaban J connectivity index is 1.55. The summed E-state index contributed by atoms with van der Waals surface area (Å²) in [6, 6.07) is 27.6.